The van der Waals surface area contributed by atoms with Crippen LogP contribution in [0.3, 0.4) is 0 Å². The number of nitrogens with zero attached hydrogens (tertiary/aromatic N) is 1. The van der Waals surface area contributed by atoms with Crippen LogP contribution in [0.1, 0.15) is 5.69 Å². The van der Waals surface area contributed by atoms with E-state index in [0.29, 0.717) is 0 Å². The first-order chi connectivity index (χ1) is 7.70. The number of ether oxygens (including phenoxy) is 1. The molecule has 0 aliphatic carbocycles. The van der Waals surface area contributed by atoms with Crippen LogP contribution in [-0.4, -0.2) is 17.1 Å². The maximum absolute atomic E-state index is 11.0. The first kappa shape index (κ1) is 13.3. The number of benzene rings is 1. The summed E-state index contributed by atoms with van der Waals surface area (Å²) in [5, 5.41) is 0. The fourth-order valence-electron chi connectivity index (χ4n) is 1.54. The van der Waals surface area contributed by atoms with Gasteiger partial charge in [-0.3, -0.25) is 0 Å². The summed E-state index contributed by atoms with van der Waals surface area (Å²) < 4.78 is 5.08. The highest BCUT2D eigenvalue weighted by Crippen LogP contribution is 2.22. The van der Waals surface area contributed by atoms with Crippen molar-refractivity contribution in [1.29, 1.82) is 0 Å². The Hall–Kier alpha value is -1.81. The molecule has 1 aromatic carbocycles. The van der Waals surface area contributed by atoms with Gasteiger partial charge < -0.3 is 9.72 Å². The van der Waals surface area contributed by atoms with Crippen LogP contribution in [0.2, 0.25) is 0 Å². The number of H-pyrrole nitrogens is 1. The van der Waals surface area contributed by atoms with Crippen LogP contribution < -0.4 is 10.4 Å². The lowest BCUT2D eigenvalue weighted by Crippen LogP contribution is -2.11. The van der Waals surface area contributed by atoms with Crippen molar-refractivity contribution in [2.75, 3.05) is 7.11 Å². The van der Waals surface area contributed by atoms with E-state index in [1.807, 2.05) is 31.2 Å². The quantitative estimate of drug-likeness (QED) is 0.891. The number of rotatable bonds is 2. The summed E-state index contributed by atoms with van der Waals surface area (Å²) in [5.41, 5.74) is 2.41. The summed E-state index contributed by atoms with van der Waals surface area (Å²) in [4.78, 5) is 17.4. The summed E-state index contributed by atoms with van der Waals surface area (Å²) >= 11 is 0. The van der Waals surface area contributed by atoms with E-state index in [2.05, 4.69) is 9.97 Å². The molecule has 0 spiro atoms. The van der Waals surface area contributed by atoms with Gasteiger partial charge in [0.05, 0.1) is 7.11 Å². The summed E-state index contributed by atoms with van der Waals surface area (Å²) in [5.74, 6) is 0.804. The average molecular weight is 253 g/mol. The predicted octanol–water partition coefficient (Wildman–Crippen LogP) is 2.18. The monoisotopic (exact) mass is 252 g/mol. The molecule has 0 amide bonds. The van der Waals surface area contributed by atoms with Crippen molar-refractivity contribution in [2.45, 2.75) is 6.92 Å². The van der Waals surface area contributed by atoms with Gasteiger partial charge in [0.1, 0.15) is 5.75 Å². The normalized spacial score (nSPS) is 9.53. The highest BCUT2D eigenvalue weighted by molar-refractivity contribution is 5.85. The first-order valence-electron chi connectivity index (χ1n) is 4.91. The van der Waals surface area contributed by atoms with Gasteiger partial charge in [0, 0.05) is 17.5 Å². The standard InChI is InChI=1S/C12H12N2O2.ClH/c1-8-11(7-13-12(15)14-8)9-3-5-10(16-2)6-4-9;/h3-7H,1-2H3,(H,13,14,15);1H. The zero-order chi connectivity index (χ0) is 11.5. The van der Waals surface area contributed by atoms with Crippen LogP contribution in [0.5, 0.6) is 5.75 Å². The Kier molecular flexibility index (Phi) is 4.29. The molecule has 0 saturated carbocycles. The molecule has 0 saturated heterocycles. The molecule has 0 radical (unpaired) electrons. The minimum Gasteiger partial charge on any atom is -0.497 e. The Morgan fingerprint density at radius 1 is 1.24 bits per heavy atom. The lowest BCUT2D eigenvalue weighted by Gasteiger charge is -2.05. The number of aryl methyl sites for hydroxylation is 1. The molecule has 90 valence electrons. The van der Waals surface area contributed by atoms with Crippen molar-refractivity contribution in [3.8, 4) is 16.9 Å². The van der Waals surface area contributed by atoms with Crippen molar-refractivity contribution in [3.63, 3.8) is 0 Å². The second-order valence-corrected chi connectivity index (χ2v) is 3.46. The van der Waals surface area contributed by atoms with Gasteiger partial charge in [-0.25, -0.2) is 9.78 Å². The molecule has 0 aliphatic heterocycles. The van der Waals surface area contributed by atoms with Crippen LogP contribution in [0.15, 0.2) is 35.3 Å². The van der Waals surface area contributed by atoms with Crippen molar-refractivity contribution < 1.29 is 4.74 Å². The van der Waals surface area contributed by atoms with E-state index in [-0.39, 0.29) is 18.1 Å². The molecule has 1 aromatic heterocycles. The molecule has 5 heteroatoms. The SMILES string of the molecule is COc1ccc(-c2cnc(=O)[nH]c2C)cc1.Cl. The third kappa shape index (κ3) is 2.85. The highest BCUT2D eigenvalue weighted by Gasteiger charge is 2.03. The van der Waals surface area contributed by atoms with Crippen molar-refractivity contribution in [3.05, 3.63) is 46.6 Å². The van der Waals surface area contributed by atoms with Gasteiger partial charge in [0.15, 0.2) is 0 Å². The van der Waals surface area contributed by atoms with Gasteiger partial charge in [0.2, 0.25) is 0 Å². The van der Waals surface area contributed by atoms with Crippen molar-refractivity contribution in [1.82, 2.24) is 9.97 Å². The number of aromatic amines is 1. The predicted molar refractivity (Wildman–Crippen MR) is 68.8 cm³/mol. The third-order valence-electron chi connectivity index (χ3n) is 2.41. The molecule has 0 atom stereocenters. The Morgan fingerprint density at radius 3 is 2.41 bits per heavy atom. The maximum atomic E-state index is 11.0. The Balaban J connectivity index is 0.00000144. The maximum Gasteiger partial charge on any atom is 0.345 e. The molecule has 0 bridgehead atoms. The summed E-state index contributed by atoms with van der Waals surface area (Å²) in [6.45, 7) is 1.85. The molecule has 4 nitrogen and oxygen atoms in total. The topological polar surface area (TPSA) is 55.0 Å². The Morgan fingerprint density at radius 2 is 1.88 bits per heavy atom. The molecule has 17 heavy (non-hydrogen) atoms. The van der Waals surface area contributed by atoms with E-state index in [1.165, 1.54) is 0 Å². The minimum atomic E-state index is -0.324. The number of methoxy groups -OCH3 is 1. The van der Waals surface area contributed by atoms with E-state index < -0.39 is 0 Å². The number of aromatic nitrogens is 2. The highest BCUT2D eigenvalue weighted by atomic mass is 35.5. The van der Waals surface area contributed by atoms with Gasteiger partial charge in [0.25, 0.3) is 0 Å². The largest absolute Gasteiger partial charge is 0.497 e. The number of halogens is 1. The molecule has 0 unspecified atom stereocenters. The first-order valence-corrected chi connectivity index (χ1v) is 4.91. The summed E-state index contributed by atoms with van der Waals surface area (Å²) in [6.07, 6.45) is 1.58. The molecule has 0 fully saturated rings. The molecule has 1 heterocycles. The van der Waals surface area contributed by atoms with E-state index in [0.717, 1.165) is 22.6 Å². The van der Waals surface area contributed by atoms with Crippen molar-refractivity contribution >= 4 is 12.4 Å². The van der Waals surface area contributed by atoms with Crippen LogP contribution in [0.4, 0.5) is 0 Å². The van der Waals surface area contributed by atoms with Gasteiger partial charge in [-0.15, -0.1) is 12.4 Å². The molecule has 2 rings (SSSR count). The van der Waals surface area contributed by atoms with Crippen LogP contribution in [0, 0.1) is 6.92 Å². The van der Waals surface area contributed by atoms with Gasteiger partial charge >= 0.3 is 5.69 Å². The lowest BCUT2D eigenvalue weighted by molar-refractivity contribution is 0.415. The minimum absolute atomic E-state index is 0. The van der Waals surface area contributed by atoms with Crippen molar-refractivity contribution in [2.24, 2.45) is 0 Å². The van der Waals surface area contributed by atoms with Crippen LogP contribution in [0.25, 0.3) is 11.1 Å². The second-order valence-electron chi connectivity index (χ2n) is 3.46. The van der Waals surface area contributed by atoms with Crippen LogP contribution in [-0.2, 0) is 0 Å². The Labute approximate surface area is 105 Å². The van der Waals surface area contributed by atoms with E-state index in [4.69, 9.17) is 4.74 Å². The van der Waals surface area contributed by atoms with E-state index >= 15 is 0 Å². The lowest BCUT2D eigenvalue weighted by atomic mass is 10.1. The zero-order valence-corrected chi connectivity index (χ0v) is 10.4. The molecule has 2 aromatic rings. The zero-order valence-electron chi connectivity index (χ0n) is 9.56. The fourth-order valence-corrected chi connectivity index (χ4v) is 1.54. The van der Waals surface area contributed by atoms with Gasteiger partial charge in [-0.2, -0.15) is 0 Å². The molecule has 1 N–H and O–H groups in total. The second kappa shape index (κ2) is 5.50. The number of nitrogens with one attached hydrogen (secondary N) is 1. The van der Waals surface area contributed by atoms with E-state index in [9.17, 15) is 4.79 Å². The smallest absolute Gasteiger partial charge is 0.345 e. The molecular weight excluding hydrogens is 240 g/mol. The number of hydrogen-bond donors (Lipinski definition) is 1. The van der Waals surface area contributed by atoms with Gasteiger partial charge in [-0.05, 0) is 24.6 Å². The molecule has 0 aliphatic rings. The average Bonchev–Trinajstić information content (AvgIpc) is 2.29. The number of hydrogen-bond acceptors (Lipinski definition) is 3. The Bertz CT molecular complexity index is 549. The van der Waals surface area contributed by atoms with Gasteiger partial charge in [-0.1, -0.05) is 12.1 Å². The summed E-state index contributed by atoms with van der Waals surface area (Å²) in [6, 6.07) is 7.61. The molecular formula is C12H13ClN2O2. The third-order valence-corrected chi connectivity index (χ3v) is 2.41. The fraction of sp³-hybridized carbons (Fsp3) is 0.167. The van der Waals surface area contributed by atoms with E-state index in [1.54, 1.807) is 13.3 Å². The summed E-state index contributed by atoms with van der Waals surface area (Å²) in [7, 11) is 1.63. The van der Waals surface area contributed by atoms with Crippen LogP contribution >= 0.6 is 12.4 Å².